The van der Waals surface area contributed by atoms with Gasteiger partial charge in [-0.25, -0.2) is 4.99 Å². The van der Waals surface area contributed by atoms with Gasteiger partial charge in [-0.1, -0.05) is 24.3 Å². The second kappa shape index (κ2) is 13.4. The number of ether oxygens (including phenoxy) is 1. The van der Waals surface area contributed by atoms with Crippen LogP contribution in [0.15, 0.2) is 47.7 Å². The molecule has 0 amide bonds. The summed E-state index contributed by atoms with van der Waals surface area (Å²) < 4.78 is 42.6. The fourth-order valence-corrected chi connectivity index (χ4v) is 2.51. The average molecular weight is 525 g/mol. The van der Waals surface area contributed by atoms with E-state index in [9.17, 15) is 13.2 Å². The topological polar surface area (TPSA) is 63.5 Å². The molecule has 0 atom stereocenters. The molecule has 0 saturated heterocycles. The standard InChI is InChI=1S/C19H26F3N5O.HI/c1-2-23-18(24-9-6-12-28-15-19(20,21)22)25-13-16-7-3-4-8-17(16)14-27-11-5-10-26-27;/h3-5,7-8,10-11H,2,6,9,12-15H2,1H3,(H2,23,24,25);1H. The summed E-state index contributed by atoms with van der Waals surface area (Å²) in [5.41, 5.74) is 2.22. The molecule has 10 heteroatoms. The summed E-state index contributed by atoms with van der Waals surface area (Å²) in [4.78, 5) is 4.57. The molecule has 2 rings (SSSR count). The van der Waals surface area contributed by atoms with E-state index in [0.717, 1.165) is 11.1 Å². The first-order valence-electron chi connectivity index (χ1n) is 9.19. The second-order valence-electron chi connectivity index (χ2n) is 6.12. The predicted molar refractivity (Wildman–Crippen MR) is 117 cm³/mol. The highest BCUT2D eigenvalue weighted by molar-refractivity contribution is 14.0. The molecule has 0 saturated carbocycles. The molecular weight excluding hydrogens is 498 g/mol. The minimum absolute atomic E-state index is 0. The maximum atomic E-state index is 12.0. The van der Waals surface area contributed by atoms with Crippen LogP contribution in [0.3, 0.4) is 0 Å². The highest BCUT2D eigenvalue weighted by Gasteiger charge is 2.27. The number of alkyl halides is 3. The van der Waals surface area contributed by atoms with Crippen LogP contribution in [-0.2, 0) is 17.8 Å². The van der Waals surface area contributed by atoms with E-state index in [1.807, 2.05) is 48.1 Å². The number of hydrogen-bond donors (Lipinski definition) is 2. The average Bonchev–Trinajstić information content (AvgIpc) is 3.15. The summed E-state index contributed by atoms with van der Waals surface area (Å²) in [5.74, 6) is 0.618. The maximum Gasteiger partial charge on any atom is 0.411 e. The van der Waals surface area contributed by atoms with Gasteiger partial charge in [0.25, 0.3) is 0 Å². The van der Waals surface area contributed by atoms with Crippen molar-refractivity contribution in [3.05, 3.63) is 53.9 Å². The molecule has 0 fully saturated rings. The lowest BCUT2D eigenvalue weighted by Crippen LogP contribution is -2.38. The summed E-state index contributed by atoms with van der Waals surface area (Å²) in [6.07, 6.45) is -0.178. The number of hydrogen-bond acceptors (Lipinski definition) is 3. The fourth-order valence-electron chi connectivity index (χ4n) is 2.51. The molecule has 29 heavy (non-hydrogen) atoms. The number of aromatic nitrogens is 2. The van der Waals surface area contributed by atoms with E-state index in [1.54, 1.807) is 6.20 Å². The van der Waals surface area contributed by atoms with Gasteiger partial charge in [-0.05, 0) is 30.5 Å². The van der Waals surface area contributed by atoms with Gasteiger partial charge in [0.2, 0.25) is 0 Å². The normalized spacial score (nSPS) is 11.8. The van der Waals surface area contributed by atoms with Gasteiger partial charge in [0.05, 0.1) is 13.1 Å². The molecule has 2 N–H and O–H groups in total. The van der Waals surface area contributed by atoms with Crippen LogP contribution in [0.5, 0.6) is 0 Å². The van der Waals surface area contributed by atoms with Gasteiger partial charge < -0.3 is 15.4 Å². The lowest BCUT2D eigenvalue weighted by atomic mass is 10.1. The first-order chi connectivity index (χ1) is 13.5. The quantitative estimate of drug-likeness (QED) is 0.216. The van der Waals surface area contributed by atoms with Gasteiger partial charge in [-0.3, -0.25) is 4.68 Å². The van der Waals surface area contributed by atoms with Crippen LogP contribution in [0.4, 0.5) is 13.2 Å². The van der Waals surface area contributed by atoms with Crippen LogP contribution in [0.1, 0.15) is 24.5 Å². The number of benzene rings is 1. The molecule has 0 aliphatic carbocycles. The molecule has 1 aromatic carbocycles. The Morgan fingerprint density at radius 1 is 1.17 bits per heavy atom. The van der Waals surface area contributed by atoms with E-state index in [1.165, 1.54) is 0 Å². The lowest BCUT2D eigenvalue weighted by Gasteiger charge is -2.13. The lowest BCUT2D eigenvalue weighted by molar-refractivity contribution is -0.173. The summed E-state index contributed by atoms with van der Waals surface area (Å²) in [6, 6.07) is 9.90. The minimum atomic E-state index is -4.28. The summed E-state index contributed by atoms with van der Waals surface area (Å²) in [5, 5.41) is 10.5. The van der Waals surface area contributed by atoms with Crippen molar-refractivity contribution in [3.63, 3.8) is 0 Å². The molecule has 0 unspecified atom stereocenters. The van der Waals surface area contributed by atoms with E-state index in [4.69, 9.17) is 0 Å². The third-order valence-corrected chi connectivity index (χ3v) is 3.79. The second-order valence-corrected chi connectivity index (χ2v) is 6.12. The van der Waals surface area contributed by atoms with Gasteiger partial charge in [-0.2, -0.15) is 18.3 Å². The molecule has 162 valence electrons. The highest BCUT2D eigenvalue weighted by Crippen LogP contribution is 2.14. The Morgan fingerprint density at radius 3 is 2.59 bits per heavy atom. The summed E-state index contributed by atoms with van der Waals surface area (Å²) in [7, 11) is 0. The zero-order valence-electron chi connectivity index (χ0n) is 16.3. The molecule has 2 aromatic rings. The van der Waals surface area contributed by atoms with Crippen molar-refractivity contribution in [1.29, 1.82) is 0 Å². The Morgan fingerprint density at radius 2 is 1.93 bits per heavy atom. The molecule has 0 aliphatic rings. The molecule has 1 aromatic heterocycles. The van der Waals surface area contributed by atoms with Crippen LogP contribution in [-0.4, -0.2) is 48.2 Å². The Balaban J connectivity index is 0.00000420. The number of rotatable bonds is 10. The number of nitrogens with zero attached hydrogens (tertiary/aromatic N) is 3. The monoisotopic (exact) mass is 525 g/mol. The largest absolute Gasteiger partial charge is 0.411 e. The van der Waals surface area contributed by atoms with Crippen molar-refractivity contribution in [2.45, 2.75) is 32.6 Å². The molecule has 0 aliphatic heterocycles. The van der Waals surface area contributed by atoms with Crippen LogP contribution >= 0.6 is 24.0 Å². The molecule has 0 bridgehead atoms. The third kappa shape index (κ3) is 10.5. The van der Waals surface area contributed by atoms with Crippen molar-refractivity contribution in [2.24, 2.45) is 4.99 Å². The van der Waals surface area contributed by atoms with Crippen LogP contribution < -0.4 is 10.6 Å². The van der Waals surface area contributed by atoms with Crippen molar-refractivity contribution in [1.82, 2.24) is 20.4 Å². The van der Waals surface area contributed by atoms with Gasteiger partial charge in [0.1, 0.15) is 6.61 Å². The zero-order chi connectivity index (χ0) is 20.2. The SMILES string of the molecule is CCNC(=NCc1ccccc1Cn1cccn1)NCCCOCC(F)(F)F.I. The Kier molecular flexibility index (Phi) is 11.7. The van der Waals surface area contributed by atoms with Crippen molar-refractivity contribution in [2.75, 3.05) is 26.3 Å². The van der Waals surface area contributed by atoms with Gasteiger partial charge >= 0.3 is 6.18 Å². The maximum absolute atomic E-state index is 12.0. The number of aliphatic imine (C=N–C) groups is 1. The predicted octanol–water partition coefficient (Wildman–Crippen LogP) is 3.57. The van der Waals surface area contributed by atoms with Gasteiger partial charge in [0.15, 0.2) is 5.96 Å². The molecule has 6 nitrogen and oxygen atoms in total. The van der Waals surface area contributed by atoms with E-state index < -0.39 is 12.8 Å². The first-order valence-corrected chi connectivity index (χ1v) is 9.19. The van der Waals surface area contributed by atoms with E-state index in [0.29, 0.717) is 38.6 Å². The summed E-state index contributed by atoms with van der Waals surface area (Å²) in [6.45, 7) is 3.09. The van der Waals surface area contributed by atoms with Crippen LogP contribution in [0, 0.1) is 0 Å². The fraction of sp³-hybridized carbons (Fsp3) is 0.474. The van der Waals surface area contributed by atoms with E-state index in [-0.39, 0.29) is 30.6 Å². The molecule has 0 radical (unpaired) electrons. The number of nitrogens with one attached hydrogen (secondary N) is 2. The van der Waals surface area contributed by atoms with Crippen molar-refractivity contribution >= 4 is 29.9 Å². The van der Waals surface area contributed by atoms with E-state index >= 15 is 0 Å². The number of guanidine groups is 1. The van der Waals surface area contributed by atoms with Gasteiger partial charge in [0, 0.05) is 32.1 Å². The third-order valence-electron chi connectivity index (χ3n) is 3.79. The first kappa shape index (κ1) is 25.2. The highest BCUT2D eigenvalue weighted by atomic mass is 127. The summed E-state index contributed by atoms with van der Waals surface area (Å²) >= 11 is 0. The Hall–Kier alpha value is -1.82. The molecule has 0 spiro atoms. The smallest absolute Gasteiger partial charge is 0.372 e. The van der Waals surface area contributed by atoms with Crippen LogP contribution in [0.25, 0.3) is 0 Å². The minimum Gasteiger partial charge on any atom is -0.372 e. The molecule has 1 heterocycles. The number of halogens is 4. The van der Waals surface area contributed by atoms with E-state index in [2.05, 4.69) is 25.5 Å². The van der Waals surface area contributed by atoms with Crippen molar-refractivity contribution < 1.29 is 17.9 Å². The molecular formula is C19H27F3IN5O. The Bertz CT molecular complexity index is 723. The Labute approximate surface area is 185 Å². The zero-order valence-corrected chi connectivity index (χ0v) is 18.6. The van der Waals surface area contributed by atoms with Crippen LogP contribution in [0.2, 0.25) is 0 Å². The van der Waals surface area contributed by atoms with Gasteiger partial charge in [-0.15, -0.1) is 24.0 Å². The van der Waals surface area contributed by atoms with Crippen molar-refractivity contribution in [3.8, 4) is 0 Å².